The van der Waals surface area contributed by atoms with Gasteiger partial charge in [-0.1, -0.05) is 11.6 Å². The van der Waals surface area contributed by atoms with E-state index in [-0.39, 0.29) is 0 Å². The molecule has 4 heteroatoms. The van der Waals surface area contributed by atoms with Gasteiger partial charge in [-0.25, -0.2) is 0 Å². The second-order valence-electron chi connectivity index (χ2n) is 2.45. The highest BCUT2D eigenvalue weighted by molar-refractivity contribution is 6.34. The number of amidine groups is 1. The molecule has 0 radical (unpaired) electrons. The van der Waals surface area contributed by atoms with Crippen molar-refractivity contribution >= 4 is 17.4 Å². The number of ether oxygens (including phenoxy) is 1. The summed E-state index contributed by atoms with van der Waals surface area (Å²) in [6.45, 7) is 0. The van der Waals surface area contributed by atoms with E-state index in [2.05, 4.69) is 4.99 Å². The van der Waals surface area contributed by atoms with E-state index in [1.54, 1.807) is 32.4 Å². The molecule has 0 bridgehead atoms. The molecular formula is C9H11ClN2O. The van der Waals surface area contributed by atoms with Gasteiger partial charge in [0.2, 0.25) is 0 Å². The Morgan fingerprint density at radius 3 is 2.69 bits per heavy atom. The van der Waals surface area contributed by atoms with Crippen LogP contribution in [0.15, 0.2) is 23.2 Å². The quantitative estimate of drug-likeness (QED) is 0.581. The number of aliphatic imine (C=N–C) groups is 1. The predicted octanol–water partition coefficient (Wildman–Crippen LogP) is 1.68. The fourth-order valence-corrected chi connectivity index (χ4v) is 1.22. The number of hydrogen-bond donors (Lipinski definition) is 1. The van der Waals surface area contributed by atoms with Crippen molar-refractivity contribution in [2.24, 2.45) is 10.7 Å². The van der Waals surface area contributed by atoms with Gasteiger partial charge in [-0.3, -0.25) is 4.99 Å². The first-order chi connectivity index (χ1) is 6.19. The zero-order chi connectivity index (χ0) is 9.84. The Morgan fingerprint density at radius 1 is 1.54 bits per heavy atom. The van der Waals surface area contributed by atoms with Gasteiger partial charge in [-0.15, -0.1) is 0 Å². The molecule has 0 aliphatic heterocycles. The smallest absolute Gasteiger partial charge is 0.126 e. The van der Waals surface area contributed by atoms with E-state index < -0.39 is 0 Å². The minimum atomic E-state index is 0.424. The first-order valence-corrected chi connectivity index (χ1v) is 4.13. The molecule has 0 spiro atoms. The van der Waals surface area contributed by atoms with E-state index in [9.17, 15) is 0 Å². The minimum absolute atomic E-state index is 0.424. The van der Waals surface area contributed by atoms with Gasteiger partial charge in [0.1, 0.15) is 11.6 Å². The summed E-state index contributed by atoms with van der Waals surface area (Å²) >= 11 is 5.94. The summed E-state index contributed by atoms with van der Waals surface area (Å²) in [5.41, 5.74) is 6.34. The van der Waals surface area contributed by atoms with Crippen LogP contribution >= 0.6 is 11.6 Å². The average molecular weight is 199 g/mol. The first kappa shape index (κ1) is 9.86. The van der Waals surface area contributed by atoms with Crippen LogP contribution in [0.2, 0.25) is 5.02 Å². The summed E-state index contributed by atoms with van der Waals surface area (Å²) in [4.78, 5) is 3.84. The SMILES string of the molecule is CN=C(N)c1ccc(OC)cc1Cl. The summed E-state index contributed by atoms with van der Waals surface area (Å²) in [5, 5.41) is 0.544. The van der Waals surface area contributed by atoms with Crippen LogP contribution in [0.1, 0.15) is 5.56 Å². The summed E-state index contributed by atoms with van der Waals surface area (Å²) < 4.78 is 5.00. The Hall–Kier alpha value is -1.22. The lowest BCUT2D eigenvalue weighted by molar-refractivity contribution is 0.415. The van der Waals surface area contributed by atoms with Crippen molar-refractivity contribution in [3.05, 3.63) is 28.8 Å². The van der Waals surface area contributed by atoms with Crippen LogP contribution in [-0.2, 0) is 0 Å². The van der Waals surface area contributed by atoms with Gasteiger partial charge in [0.25, 0.3) is 0 Å². The Bertz CT molecular complexity index is 336. The molecule has 0 saturated carbocycles. The van der Waals surface area contributed by atoms with E-state index in [4.69, 9.17) is 22.1 Å². The molecule has 1 aromatic rings. The Balaban J connectivity index is 3.12. The molecule has 3 nitrogen and oxygen atoms in total. The van der Waals surface area contributed by atoms with Crippen molar-refractivity contribution in [1.82, 2.24) is 0 Å². The van der Waals surface area contributed by atoms with Crippen molar-refractivity contribution in [2.45, 2.75) is 0 Å². The standard InChI is InChI=1S/C9H11ClN2O/c1-12-9(11)7-4-3-6(13-2)5-8(7)10/h3-5H,1-2H3,(H2,11,12). The van der Waals surface area contributed by atoms with Crippen molar-refractivity contribution in [1.29, 1.82) is 0 Å². The number of hydrogen-bond acceptors (Lipinski definition) is 2. The van der Waals surface area contributed by atoms with Gasteiger partial charge >= 0.3 is 0 Å². The molecule has 70 valence electrons. The summed E-state index contributed by atoms with van der Waals surface area (Å²) in [5.74, 6) is 1.13. The molecule has 13 heavy (non-hydrogen) atoms. The number of benzene rings is 1. The molecule has 1 rings (SSSR count). The van der Waals surface area contributed by atoms with E-state index >= 15 is 0 Å². The molecule has 2 N–H and O–H groups in total. The highest BCUT2D eigenvalue weighted by Crippen LogP contribution is 2.21. The van der Waals surface area contributed by atoms with Gasteiger partial charge < -0.3 is 10.5 Å². The third kappa shape index (κ3) is 2.12. The number of halogens is 1. The van der Waals surface area contributed by atoms with Gasteiger partial charge in [0.05, 0.1) is 12.1 Å². The molecule has 0 saturated heterocycles. The first-order valence-electron chi connectivity index (χ1n) is 3.75. The Labute approximate surface area is 82.2 Å². The van der Waals surface area contributed by atoms with Crippen LogP contribution in [-0.4, -0.2) is 20.0 Å². The van der Waals surface area contributed by atoms with Crippen LogP contribution in [0.25, 0.3) is 0 Å². The predicted molar refractivity (Wildman–Crippen MR) is 54.7 cm³/mol. The second kappa shape index (κ2) is 4.14. The molecule has 0 unspecified atom stereocenters. The molecule has 0 aliphatic rings. The van der Waals surface area contributed by atoms with Crippen molar-refractivity contribution in [2.75, 3.05) is 14.2 Å². The largest absolute Gasteiger partial charge is 0.497 e. The van der Waals surface area contributed by atoms with E-state index in [1.807, 2.05) is 0 Å². The van der Waals surface area contributed by atoms with Crippen LogP contribution in [0.3, 0.4) is 0 Å². The Morgan fingerprint density at radius 2 is 2.23 bits per heavy atom. The fourth-order valence-electron chi connectivity index (χ4n) is 0.951. The van der Waals surface area contributed by atoms with Crippen LogP contribution < -0.4 is 10.5 Å². The zero-order valence-corrected chi connectivity index (χ0v) is 8.30. The third-order valence-electron chi connectivity index (χ3n) is 1.69. The second-order valence-corrected chi connectivity index (χ2v) is 2.86. The lowest BCUT2D eigenvalue weighted by atomic mass is 10.2. The maximum Gasteiger partial charge on any atom is 0.126 e. The van der Waals surface area contributed by atoms with E-state index in [0.717, 1.165) is 5.56 Å². The van der Waals surface area contributed by atoms with Gasteiger partial charge in [0, 0.05) is 12.6 Å². The zero-order valence-electron chi connectivity index (χ0n) is 7.54. The van der Waals surface area contributed by atoms with Crippen molar-refractivity contribution < 1.29 is 4.74 Å². The van der Waals surface area contributed by atoms with Crippen LogP contribution in [0.5, 0.6) is 5.75 Å². The molecular weight excluding hydrogens is 188 g/mol. The third-order valence-corrected chi connectivity index (χ3v) is 2.01. The molecule has 0 fully saturated rings. The maximum absolute atomic E-state index is 5.94. The molecule has 0 heterocycles. The number of nitrogens with zero attached hydrogens (tertiary/aromatic N) is 1. The lowest BCUT2D eigenvalue weighted by Crippen LogP contribution is -2.13. The van der Waals surface area contributed by atoms with Crippen molar-refractivity contribution in [3.8, 4) is 5.75 Å². The van der Waals surface area contributed by atoms with Gasteiger partial charge in [-0.2, -0.15) is 0 Å². The fraction of sp³-hybridized carbons (Fsp3) is 0.222. The van der Waals surface area contributed by atoms with E-state index in [1.165, 1.54) is 0 Å². The highest BCUT2D eigenvalue weighted by Gasteiger charge is 2.04. The number of rotatable bonds is 2. The number of methoxy groups -OCH3 is 1. The minimum Gasteiger partial charge on any atom is -0.497 e. The van der Waals surface area contributed by atoms with Gasteiger partial charge in [-0.05, 0) is 18.2 Å². The summed E-state index contributed by atoms with van der Waals surface area (Å²) in [6, 6.07) is 5.28. The van der Waals surface area contributed by atoms with Crippen LogP contribution in [0, 0.1) is 0 Å². The monoisotopic (exact) mass is 198 g/mol. The molecule has 1 aromatic carbocycles. The molecule has 0 atom stereocenters. The van der Waals surface area contributed by atoms with Gasteiger partial charge in [0.15, 0.2) is 0 Å². The molecule has 0 aromatic heterocycles. The lowest BCUT2D eigenvalue weighted by Gasteiger charge is -2.05. The van der Waals surface area contributed by atoms with Crippen molar-refractivity contribution in [3.63, 3.8) is 0 Å². The molecule has 0 amide bonds. The summed E-state index contributed by atoms with van der Waals surface area (Å²) in [7, 11) is 3.21. The molecule has 0 aliphatic carbocycles. The highest BCUT2D eigenvalue weighted by atomic mass is 35.5. The van der Waals surface area contributed by atoms with Crippen LogP contribution in [0.4, 0.5) is 0 Å². The number of nitrogens with two attached hydrogens (primary N) is 1. The normalized spacial score (nSPS) is 11.5. The maximum atomic E-state index is 5.94. The summed E-state index contributed by atoms with van der Waals surface area (Å²) in [6.07, 6.45) is 0. The topological polar surface area (TPSA) is 47.6 Å². The Kier molecular flexibility index (Phi) is 3.14. The average Bonchev–Trinajstić information content (AvgIpc) is 2.16. The van der Waals surface area contributed by atoms with E-state index in [0.29, 0.717) is 16.6 Å².